The monoisotopic (exact) mass is 233 g/mol. The van der Waals surface area contributed by atoms with Crippen molar-refractivity contribution in [2.75, 3.05) is 7.11 Å². The molecule has 1 aliphatic rings. The Bertz CT molecular complexity index is 477. The Labute approximate surface area is 99.9 Å². The maximum Gasteiger partial charge on any atom is 0.213 e. The van der Waals surface area contributed by atoms with Crippen molar-refractivity contribution < 1.29 is 14.6 Å². The van der Waals surface area contributed by atoms with E-state index in [4.69, 9.17) is 4.74 Å². The number of carbonyl (C=O) groups excluding carboxylic acids is 1. The minimum atomic E-state index is -0.972. The zero-order valence-corrected chi connectivity index (χ0v) is 9.93. The average molecular weight is 233 g/mol. The molecule has 4 heteroatoms. The number of carbonyl (C=O) groups is 1. The molecule has 0 aliphatic heterocycles. The van der Waals surface area contributed by atoms with Crippen LogP contribution in [0.3, 0.4) is 0 Å². The van der Waals surface area contributed by atoms with E-state index in [2.05, 4.69) is 4.98 Å². The zero-order valence-electron chi connectivity index (χ0n) is 9.93. The van der Waals surface area contributed by atoms with Crippen molar-refractivity contribution in [3.05, 3.63) is 30.0 Å². The van der Waals surface area contributed by atoms with Gasteiger partial charge in [-0.3, -0.25) is 4.79 Å². The smallest absolute Gasteiger partial charge is 0.213 e. The highest BCUT2D eigenvalue weighted by Crippen LogP contribution is 2.35. The second kappa shape index (κ2) is 4.30. The SMILES string of the molecule is COc1cc(C2=CC(=O)CCC2(C)O)ccn1. The van der Waals surface area contributed by atoms with Crippen LogP contribution in [-0.2, 0) is 4.79 Å². The normalized spacial score (nSPS) is 24.4. The average Bonchev–Trinajstić information content (AvgIpc) is 2.32. The van der Waals surface area contributed by atoms with Gasteiger partial charge < -0.3 is 9.84 Å². The van der Waals surface area contributed by atoms with Crippen molar-refractivity contribution in [2.24, 2.45) is 0 Å². The Hall–Kier alpha value is -1.68. The molecule has 1 unspecified atom stereocenters. The molecule has 0 radical (unpaired) electrons. The van der Waals surface area contributed by atoms with Crippen molar-refractivity contribution in [1.82, 2.24) is 4.98 Å². The lowest BCUT2D eigenvalue weighted by molar-refractivity contribution is -0.116. The first-order chi connectivity index (χ1) is 8.03. The number of allylic oxidation sites excluding steroid dienone is 1. The van der Waals surface area contributed by atoms with Gasteiger partial charge in [0, 0.05) is 18.7 Å². The van der Waals surface area contributed by atoms with E-state index in [9.17, 15) is 9.90 Å². The highest BCUT2D eigenvalue weighted by Gasteiger charge is 2.31. The number of rotatable bonds is 2. The highest BCUT2D eigenvalue weighted by atomic mass is 16.5. The number of ketones is 1. The van der Waals surface area contributed by atoms with Crippen LogP contribution in [0.4, 0.5) is 0 Å². The van der Waals surface area contributed by atoms with Gasteiger partial charge in [0.25, 0.3) is 0 Å². The summed E-state index contributed by atoms with van der Waals surface area (Å²) in [4.78, 5) is 15.5. The fraction of sp³-hybridized carbons (Fsp3) is 0.385. The number of aromatic nitrogens is 1. The Morgan fingerprint density at radius 2 is 2.29 bits per heavy atom. The summed E-state index contributed by atoms with van der Waals surface area (Å²) in [5.74, 6) is 0.513. The lowest BCUT2D eigenvalue weighted by atomic mass is 9.81. The van der Waals surface area contributed by atoms with E-state index in [0.29, 0.717) is 24.3 Å². The van der Waals surface area contributed by atoms with Gasteiger partial charge in [0.1, 0.15) is 0 Å². The maximum atomic E-state index is 11.5. The van der Waals surface area contributed by atoms with Crippen LogP contribution in [0, 0.1) is 0 Å². The molecular weight excluding hydrogens is 218 g/mol. The Morgan fingerprint density at radius 3 is 3.00 bits per heavy atom. The molecule has 1 aromatic rings. The third-order valence-corrected chi connectivity index (χ3v) is 3.00. The zero-order chi connectivity index (χ0) is 12.5. The van der Waals surface area contributed by atoms with Crippen LogP contribution in [0.1, 0.15) is 25.3 Å². The number of nitrogens with zero attached hydrogens (tertiary/aromatic N) is 1. The van der Waals surface area contributed by atoms with E-state index in [1.165, 1.54) is 13.2 Å². The van der Waals surface area contributed by atoms with Gasteiger partial charge in [-0.2, -0.15) is 0 Å². The van der Waals surface area contributed by atoms with Gasteiger partial charge in [-0.05, 0) is 36.6 Å². The van der Waals surface area contributed by atoms with Gasteiger partial charge >= 0.3 is 0 Å². The van der Waals surface area contributed by atoms with Crippen LogP contribution in [0.2, 0.25) is 0 Å². The lowest BCUT2D eigenvalue weighted by Crippen LogP contribution is -2.30. The maximum absolute atomic E-state index is 11.5. The number of methoxy groups -OCH3 is 1. The molecule has 1 N–H and O–H groups in total. The summed E-state index contributed by atoms with van der Waals surface area (Å²) in [5.41, 5.74) is 0.435. The van der Waals surface area contributed by atoms with Crippen LogP contribution in [0.15, 0.2) is 24.4 Å². The number of aliphatic hydroxyl groups is 1. The molecule has 1 atom stereocenters. The van der Waals surface area contributed by atoms with E-state index in [1.54, 1.807) is 25.3 Å². The first-order valence-corrected chi connectivity index (χ1v) is 5.51. The molecule has 0 bridgehead atoms. The van der Waals surface area contributed by atoms with Crippen molar-refractivity contribution in [3.63, 3.8) is 0 Å². The van der Waals surface area contributed by atoms with Gasteiger partial charge in [0.15, 0.2) is 5.78 Å². The van der Waals surface area contributed by atoms with E-state index >= 15 is 0 Å². The largest absolute Gasteiger partial charge is 0.481 e. The molecule has 1 aliphatic carbocycles. The summed E-state index contributed by atoms with van der Waals surface area (Å²) < 4.78 is 5.04. The van der Waals surface area contributed by atoms with Crippen LogP contribution in [-0.4, -0.2) is 28.6 Å². The molecule has 0 amide bonds. The van der Waals surface area contributed by atoms with Crippen LogP contribution >= 0.6 is 0 Å². The van der Waals surface area contributed by atoms with Crippen LogP contribution in [0.25, 0.3) is 5.57 Å². The van der Waals surface area contributed by atoms with Gasteiger partial charge in [0.05, 0.1) is 12.7 Å². The predicted molar refractivity (Wildman–Crippen MR) is 63.6 cm³/mol. The topological polar surface area (TPSA) is 59.4 Å². The van der Waals surface area contributed by atoms with Crippen molar-refractivity contribution in [2.45, 2.75) is 25.4 Å². The molecule has 4 nitrogen and oxygen atoms in total. The fourth-order valence-corrected chi connectivity index (χ4v) is 1.97. The molecule has 1 aromatic heterocycles. The molecule has 0 saturated heterocycles. The quantitative estimate of drug-likeness (QED) is 0.842. The molecule has 0 saturated carbocycles. The number of ether oxygens (including phenoxy) is 1. The van der Waals surface area contributed by atoms with Gasteiger partial charge in [-0.25, -0.2) is 4.98 Å². The summed E-state index contributed by atoms with van der Waals surface area (Å²) in [6.45, 7) is 1.72. The highest BCUT2D eigenvalue weighted by molar-refractivity contribution is 6.00. The third kappa shape index (κ3) is 2.36. The minimum absolute atomic E-state index is 0.0438. The van der Waals surface area contributed by atoms with E-state index in [-0.39, 0.29) is 5.78 Å². The van der Waals surface area contributed by atoms with Gasteiger partial charge in [-0.1, -0.05) is 0 Å². The first-order valence-electron chi connectivity index (χ1n) is 5.51. The third-order valence-electron chi connectivity index (χ3n) is 3.00. The minimum Gasteiger partial charge on any atom is -0.481 e. The van der Waals surface area contributed by atoms with Gasteiger partial charge in [0.2, 0.25) is 5.88 Å². The Kier molecular flexibility index (Phi) is 2.98. The van der Waals surface area contributed by atoms with E-state index in [1.807, 2.05) is 0 Å². The molecule has 0 aromatic carbocycles. The number of hydrogen-bond donors (Lipinski definition) is 1. The summed E-state index contributed by atoms with van der Waals surface area (Å²) >= 11 is 0. The molecule has 2 rings (SSSR count). The lowest BCUT2D eigenvalue weighted by Gasteiger charge is -2.29. The fourth-order valence-electron chi connectivity index (χ4n) is 1.97. The Balaban J connectivity index is 2.46. The Morgan fingerprint density at radius 1 is 1.53 bits per heavy atom. The molecule has 17 heavy (non-hydrogen) atoms. The van der Waals surface area contributed by atoms with Crippen molar-refractivity contribution >= 4 is 11.4 Å². The van der Waals surface area contributed by atoms with Gasteiger partial charge in [-0.15, -0.1) is 0 Å². The predicted octanol–water partition coefficient (Wildman–Crippen LogP) is 1.59. The molecule has 90 valence electrons. The number of hydrogen-bond acceptors (Lipinski definition) is 4. The summed E-state index contributed by atoms with van der Waals surface area (Å²) in [6, 6.07) is 3.49. The first kappa shape index (κ1) is 11.8. The number of pyridine rings is 1. The van der Waals surface area contributed by atoms with Crippen molar-refractivity contribution in [3.8, 4) is 5.88 Å². The summed E-state index contributed by atoms with van der Waals surface area (Å²) in [6.07, 6.45) is 3.95. The summed E-state index contributed by atoms with van der Waals surface area (Å²) in [7, 11) is 1.53. The molecular formula is C13H15NO3. The second-order valence-electron chi connectivity index (χ2n) is 4.39. The van der Waals surface area contributed by atoms with E-state index < -0.39 is 5.60 Å². The van der Waals surface area contributed by atoms with E-state index in [0.717, 1.165) is 5.56 Å². The molecule has 0 fully saturated rings. The van der Waals surface area contributed by atoms with Crippen LogP contribution < -0.4 is 4.74 Å². The van der Waals surface area contributed by atoms with Crippen molar-refractivity contribution in [1.29, 1.82) is 0 Å². The van der Waals surface area contributed by atoms with Crippen LogP contribution in [0.5, 0.6) is 5.88 Å². The summed E-state index contributed by atoms with van der Waals surface area (Å²) in [5, 5.41) is 10.3. The second-order valence-corrected chi connectivity index (χ2v) is 4.39. The molecule has 0 spiro atoms. The standard InChI is InChI=1S/C13H15NO3/c1-13(16)5-3-10(15)8-11(13)9-4-6-14-12(7-9)17-2/h4,6-8,16H,3,5H2,1-2H3. The molecule has 1 heterocycles.